The average molecular weight is 328 g/mol. The van der Waals surface area contributed by atoms with E-state index in [2.05, 4.69) is 33.9 Å². The number of likely N-dealkylation sites (N-methyl/N-ethyl adjacent to an activating group) is 1. The molecule has 1 heterocycles. The summed E-state index contributed by atoms with van der Waals surface area (Å²) in [6.45, 7) is 3.55. The lowest BCUT2D eigenvalue weighted by molar-refractivity contribution is 0.0215. The first-order chi connectivity index (χ1) is 9.08. The van der Waals surface area contributed by atoms with Crippen LogP contribution >= 0.6 is 15.9 Å². The summed E-state index contributed by atoms with van der Waals surface area (Å²) < 4.78 is 6.82. The van der Waals surface area contributed by atoms with E-state index in [0.29, 0.717) is 6.10 Å². The van der Waals surface area contributed by atoms with E-state index in [1.54, 1.807) is 6.92 Å². The average Bonchev–Trinajstić information content (AvgIpc) is 2.39. The SMILES string of the molecule is CC(O)c1ccc(Br)cc1N(C)CC1CCCCO1. The minimum Gasteiger partial charge on any atom is -0.389 e. The molecule has 1 aliphatic rings. The first-order valence-corrected chi connectivity index (χ1v) is 7.67. The van der Waals surface area contributed by atoms with E-state index in [9.17, 15) is 5.11 Å². The zero-order chi connectivity index (χ0) is 13.8. The highest BCUT2D eigenvalue weighted by Crippen LogP contribution is 2.29. The fourth-order valence-corrected chi connectivity index (χ4v) is 2.90. The Bertz CT molecular complexity index is 417. The molecule has 2 atom stereocenters. The monoisotopic (exact) mass is 327 g/mol. The van der Waals surface area contributed by atoms with Gasteiger partial charge in [-0.2, -0.15) is 0 Å². The van der Waals surface area contributed by atoms with Crippen LogP contribution in [0.15, 0.2) is 22.7 Å². The number of benzene rings is 1. The molecule has 1 fully saturated rings. The van der Waals surface area contributed by atoms with Gasteiger partial charge in [0.2, 0.25) is 0 Å². The number of anilines is 1. The van der Waals surface area contributed by atoms with Crippen LogP contribution in [0.5, 0.6) is 0 Å². The van der Waals surface area contributed by atoms with Crippen molar-refractivity contribution in [1.29, 1.82) is 0 Å². The number of aliphatic hydroxyl groups excluding tert-OH is 1. The van der Waals surface area contributed by atoms with Crippen molar-refractivity contribution in [1.82, 2.24) is 0 Å². The first kappa shape index (κ1) is 14.8. The molecule has 1 saturated heterocycles. The molecule has 4 heteroatoms. The van der Waals surface area contributed by atoms with E-state index in [1.165, 1.54) is 12.8 Å². The molecule has 0 radical (unpaired) electrons. The minimum atomic E-state index is -0.460. The summed E-state index contributed by atoms with van der Waals surface area (Å²) in [7, 11) is 2.06. The van der Waals surface area contributed by atoms with E-state index in [4.69, 9.17) is 4.74 Å². The third-order valence-electron chi connectivity index (χ3n) is 3.61. The second kappa shape index (κ2) is 6.73. The number of ether oxygens (including phenoxy) is 1. The normalized spacial score (nSPS) is 21.2. The van der Waals surface area contributed by atoms with Gasteiger partial charge in [-0.15, -0.1) is 0 Å². The van der Waals surface area contributed by atoms with Crippen molar-refractivity contribution in [3.63, 3.8) is 0 Å². The molecule has 106 valence electrons. The molecular weight excluding hydrogens is 306 g/mol. The Morgan fingerprint density at radius 3 is 2.89 bits per heavy atom. The molecule has 0 aromatic heterocycles. The molecule has 3 nitrogen and oxygen atoms in total. The van der Waals surface area contributed by atoms with Crippen LogP contribution < -0.4 is 4.90 Å². The summed E-state index contributed by atoms with van der Waals surface area (Å²) in [6.07, 6.45) is 3.40. The highest BCUT2D eigenvalue weighted by Gasteiger charge is 2.18. The molecule has 1 aromatic rings. The second-order valence-electron chi connectivity index (χ2n) is 5.25. The zero-order valence-electron chi connectivity index (χ0n) is 11.6. The van der Waals surface area contributed by atoms with Crippen molar-refractivity contribution in [2.24, 2.45) is 0 Å². The predicted molar refractivity (Wildman–Crippen MR) is 81.6 cm³/mol. The largest absolute Gasteiger partial charge is 0.389 e. The fourth-order valence-electron chi connectivity index (χ4n) is 2.56. The van der Waals surface area contributed by atoms with E-state index in [-0.39, 0.29) is 0 Å². The Hall–Kier alpha value is -0.580. The van der Waals surface area contributed by atoms with Crippen LogP contribution in [0.3, 0.4) is 0 Å². The van der Waals surface area contributed by atoms with E-state index >= 15 is 0 Å². The molecule has 1 N–H and O–H groups in total. The maximum atomic E-state index is 9.88. The highest BCUT2D eigenvalue weighted by atomic mass is 79.9. The van der Waals surface area contributed by atoms with Crippen LogP contribution in [0.1, 0.15) is 37.9 Å². The lowest BCUT2D eigenvalue weighted by atomic mass is 10.1. The van der Waals surface area contributed by atoms with Crippen LogP contribution in [-0.4, -0.2) is 31.4 Å². The van der Waals surface area contributed by atoms with Gasteiger partial charge >= 0.3 is 0 Å². The van der Waals surface area contributed by atoms with Gasteiger partial charge in [0.1, 0.15) is 0 Å². The maximum absolute atomic E-state index is 9.88. The Morgan fingerprint density at radius 2 is 2.26 bits per heavy atom. The number of rotatable bonds is 4. The fraction of sp³-hybridized carbons (Fsp3) is 0.600. The Kier molecular flexibility index (Phi) is 5.25. The van der Waals surface area contributed by atoms with Gasteiger partial charge in [-0.3, -0.25) is 0 Å². The van der Waals surface area contributed by atoms with Crippen molar-refractivity contribution in [3.05, 3.63) is 28.2 Å². The summed E-state index contributed by atoms with van der Waals surface area (Å²) >= 11 is 3.50. The van der Waals surface area contributed by atoms with Crippen molar-refractivity contribution >= 4 is 21.6 Å². The predicted octanol–water partition coefficient (Wildman–Crippen LogP) is 3.51. The minimum absolute atomic E-state index is 0.305. The molecule has 2 rings (SSSR count). The number of aliphatic hydroxyl groups is 1. The first-order valence-electron chi connectivity index (χ1n) is 6.88. The number of nitrogens with zero attached hydrogens (tertiary/aromatic N) is 1. The Labute approximate surface area is 123 Å². The lowest BCUT2D eigenvalue weighted by Gasteiger charge is -2.30. The third-order valence-corrected chi connectivity index (χ3v) is 4.10. The zero-order valence-corrected chi connectivity index (χ0v) is 13.2. The molecule has 1 aliphatic heterocycles. The van der Waals surface area contributed by atoms with Gasteiger partial charge < -0.3 is 14.7 Å². The second-order valence-corrected chi connectivity index (χ2v) is 6.16. The molecule has 0 bridgehead atoms. The van der Waals surface area contributed by atoms with Crippen molar-refractivity contribution in [2.45, 2.75) is 38.4 Å². The van der Waals surface area contributed by atoms with Crippen molar-refractivity contribution in [3.8, 4) is 0 Å². The lowest BCUT2D eigenvalue weighted by Crippen LogP contribution is -2.33. The van der Waals surface area contributed by atoms with Crippen LogP contribution in [0.2, 0.25) is 0 Å². The summed E-state index contributed by atoms with van der Waals surface area (Å²) in [5.74, 6) is 0. The summed E-state index contributed by atoms with van der Waals surface area (Å²) in [5, 5.41) is 9.88. The topological polar surface area (TPSA) is 32.7 Å². The smallest absolute Gasteiger partial charge is 0.0782 e. The molecule has 2 unspecified atom stereocenters. The van der Waals surface area contributed by atoms with E-state index < -0.39 is 6.10 Å². The number of hydrogen-bond donors (Lipinski definition) is 1. The molecular formula is C15H22BrNO2. The van der Waals surface area contributed by atoms with Gasteiger partial charge in [0, 0.05) is 35.9 Å². The third kappa shape index (κ3) is 3.94. The van der Waals surface area contributed by atoms with E-state index in [0.717, 1.165) is 35.3 Å². The van der Waals surface area contributed by atoms with Gasteiger partial charge in [-0.25, -0.2) is 0 Å². The van der Waals surface area contributed by atoms with Crippen molar-refractivity contribution < 1.29 is 9.84 Å². The maximum Gasteiger partial charge on any atom is 0.0782 e. The molecule has 0 aliphatic carbocycles. The summed E-state index contributed by atoms with van der Waals surface area (Å²) in [6, 6.07) is 6.00. The molecule has 0 amide bonds. The van der Waals surface area contributed by atoms with Crippen LogP contribution in [0.4, 0.5) is 5.69 Å². The van der Waals surface area contributed by atoms with Gasteiger partial charge in [0.15, 0.2) is 0 Å². The van der Waals surface area contributed by atoms with Crippen LogP contribution in [0.25, 0.3) is 0 Å². The van der Waals surface area contributed by atoms with Gasteiger partial charge in [-0.05, 0) is 38.3 Å². The molecule has 0 saturated carbocycles. The highest BCUT2D eigenvalue weighted by molar-refractivity contribution is 9.10. The Morgan fingerprint density at radius 1 is 1.47 bits per heavy atom. The van der Waals surface area contributed by atoms with Crippen LogP contribution in [-0.2, 0) is 4.74 Å². The standard InChI is InChI=1S/C15H22BrNO2/c1-11(18)14-7-6-12(16)9-15(14)17(2)10-13-5-3-4-8-19-13/h6-7,9,11,13,18H,3-5,8,10H2,1-2H3. The van der Waals surface area contributed by atoms with Gasteiger partial charge in [0.25, 0.3) is 0 Å². The number of halogens is 1. The van der Waals surface area contributed by atoms with E-state index in [1.807, 2.05) is 12.1 Å². The van der Waals surface area contributed by atoms with Gasteiger partial charge in [-0.1, -0.05) is 22.0 Å². The molecule has 0 spiro atoms. The van der Waals surface area contributed by atoms with Crippen LogP contribution in [0, 0.1) is 0 Å². The molecule has 1 aromatic carbocycles. The van der Waals surface area contributed by atoms with Crippen molar-refractivity contribution in [2.75, 3.05) is 25.1 Å². The quantitative estimate of drug-likeness (QED) is 0.918. The summed E-state index contributed by atoms with van der Waals surface area (Å²) in [5.41, 5.74) is 2.03. The summed E-state index contributed by atoms with van der Waals surface area (Å²) in [4.78, 5) is 2.18. The Balaban J connectivity index is 2.12. The van der Waals surface area contributed by atoms with Gasteiger partial charge in [0.05, 0.1) is 12.2 Å². The molecule has 19 heavy (non-hydrogen) atoms. The number of hydrogen-bond acceptors (Lipinski definition) is 3.